The molecule has 1 unspecified atom stereocenters. The Kier molecular flexibility index (Phi) is 6.98. The molecule has 0 aliphatic heterocycles. The smallest absolute Gasteiger partial charge is 0.348 e. The van der Waals surface area contributed by atoms with Crippen LogP contribution in [-0.4, -0.2) is 44.0 Å². The number of hydrogen-bond acceptors (Lipinski definition) is 9. The topological polar surface area (TPSA) is 125 Å². The molecular formula is C20H21NO8S2. The van der Waals surface area contributed by atoms with Gasteiger partial charge in [-0.1, -0.05) is 11.2 Å². The number of carboxylic acid groups (broad SMARTS) is 1. The predicted octanol–water partition coefficient (Wildman–Crippen LogP) is 3.60. The fourth-order valence-corrected chi connectivity index (χ4v) is 4.90. The molecule has 0 aliphatic carbocycles. The Morgan fingerprint density at radius 3 is 2.58 bits per heavy atom. The highest BCUT2D eigenvalue weighted by Crippen LogP contribution is 2.35. The Morgan fingerprint density at radius 2 is 1.97 bits per heavy atom. The molecule has 1 aromatic carbocycles. The van der Waals surface area contributed by atoms with Gasteiger partial charge in [-0.3, -0.25) is 0 Å². The molecule has 0 saturated carbocycles. The molecule has 0 bridgehead atoms. The molecule has 1 N–H and O–H groups in total. The number of rotatable bonds is 10. The fraction of sp³-hybridized carbons (Fsp3) is 0.300. The lowest BCUT2D eigenvalue weighted by Gasteiger charge is -2.17. The van der Waals surface area contributed by atoms with Crippen LogP contribution in [-0.2, 0) is 26.1 Å². The summed E-state index contributed by atoms with van der Waals surface area (Å²) in [4.78, 5) is 12.1. The van der Waals surface area contributed by atoms with Gasteiger partial charge in [0.15, 0.2) is 21.8 Å². The average molecular weight is 468 g/mol. The fourth-order valence-electron chi connectivity index (χ4n) is 2.74. The molecule has 166 valence electrons. The van der Waals surface area contributed by atoms with E-state index in [-0.39, 0.29) is 28.2 Å². The predicted molar refractivity (Wildman–Crippen MR) is 112 cm³/mol. The molecule has 2 aromatic heterocycles. The van der Waals surface area contributed by atoms with Crippen molar-refractivity contribution in [3.8, 4) is 22.1 Å². The van der Waals surface area contributed by atoms with Crippen molar-refractivity contribution in [1.29, 1.82) is 0 Å². The van der Waals surface area contributed by atoms with E-state index in [0.29, 0.717) is 16.1 Å². The molecule has 0 spiro atoms. The maximum Gasteiger partial charge on any atom is 0.348 e. The van der Waals surface area contributed by atoms with E-state index in [1.54, 1.807) is 32.0 Å². The molecule has 1 atom stereocenters. The summed E-state index contributed by atoms with van der Waals surface area (Å²) in [6, 6.07) is 9.22. The number of thiophene rings is 1. The van der Waals surface area contributed by atoms with Crippen LogP contribution < -0.4 is 8.92 Å². The Hall–Kier alpha value is -2.89. The van der Waals surface area contributed by atoms with Crippen LogP contribution in [0, 0.1) is 0 Å². The molecule has 0 saturated heterocycles. The number of hydrogen-bond donors (Lipinski definition) is 1. The molecule has 3 rings (SSSR count). The number of aliphatic carboxylic acids is 1. The number of ether oxygens (including phenoxy) is 2. The molecule has 0 aliphatic rings. The second-order valence-corrected chi connectivity index (χ2v) is 9.60. The van der Waals surface area contributed by atoms with Crippen LogP contribution in [0.15, 0.2) is 51.4 Å². The van der Waals surface area contributed by atoms with Gasteiger partial charge in [0.1, 0.15) is 12.0 Å². The van der Waals surface area contributed by atoms with Crippen molar-refractivity contribution in [1.82, 2.24) is 5.16 Å². The number of nitrogens with zero attached hydrogens (tertiary/aromatic N) is 1. The Bertz CT molecular complexity index is 1140. The monoisotopic (exact) mass is 467 g/mol. The van der Waals surface area contributed by atoms with E-state index in [1.807, 2.05) is 0 Å². The first-order valence-electron chi connectivity index (χ1n) is 9.20. The summed E-state index contributed by atoms with van der Waals surface area (Å²) < 4.78 is 46.3. The van der Waals surface area contributed by atoms with Crippen LogP contribution in [0.1, 0.15) is 19.4 Å². The molecule has 11 heteroatoms. The van der Waals surface area contributed by atoms with Gasteiger partial charge in [0.25, 0.3) is 0 Å². The minimum atomic E-state index is -4.16. The number of aromatic nitrogens is 1. The molecule has 0 amide bonds. The zero-order valence-corrected chi connectivity index (χ0v) is 18.6. The van der Waals surface area contributed by atoms with Crippen LogP contribution in [0.3, 0.4) is 0 Å². The lowest BCUT2D eigenvalue weighted by atomic mass is 10.1. The third-order valence-corrected chi connectivity index (χ3v) is 6.87. The summed E-state index contributed by atoms with van der Waals surface area (Å²) in [5, 5.41) is 13.2. The standard InChI is InChI=1S/C20H21NO8S2/c1-12(2)28-17(20(22)23)11-13-4-5-15(26-3)16(10-13)29-31(24,25)19-7-6-18(30-19)14-8-9-27-21-14/h4-10,12,17H,11H2,1-3H3,(H,22,23). The number of methoxy groups -OCH3 is 1. The van der Waals surface area contributed by atoms with Crippen LogP contribution in [0.25, 0.3) is 10.6 Å². The van der Waals surface area contributed by atoms with Crippen molar-refractivity contribution in [2.75, 3.05) is 7.11 Å². The van der Waals surface area contributed by atoms with Crippen molar-refractivity contribution < 1.29 is 36.5 Å². The van der Waals surface area contributed by atoms with Gasteiger partial charge in [-0.25, -0.2) is 4.79 Å². The molecule has 2 heterocycles. The van der Waals surface area contributed by atoms with Crippen molar-refractivity contribution in [3.63, 3.8) is 0 Å². The third kappa shape index (κ3) is 5.63. The zero-order valence-electron chi connectivity index (χ0n) is 17.0. The lowest BCUT2D eigenvalue weighted by Crippen LogP contribution is -2.29. The van der Waals surface area contributed by atoms with Crippen LogP contribution >= 0.6 is 11.3 Å². The lowest BCUT2D eigenvalue weighted by molar-refractivity contribution is -0.153. The summed E-state index contributed by atoms with van der Waals surface area (Å²) in [5.41, 5.74) is 1.03. The van der Waals surface area contributed by atoms with E-state index >= 15 is 0 Å². The summed E-state index contributed by atoms with van der Waals surface area (Å²) in [6.07, 6.45) is 0.0561. The average Bonchev–Trinajstić information content (AvgIpc) is 3.39. The molecule has 0 fully saturated rings. The van der Waals surface area contributed by atoms with Crippen molar-refractivity contribution in [3.05, 3.63) is 48.2 Å². The van der Waals surface area contributed by atoms with Gasteiger partial charge >= 0.3 is 16.1 Å². The molecule has 9 nitrogen and oxygen atoms in total. The van der Waals surface area contributed by atoms with Gasteiger partial charge in [-0.15, -0.1) is 11.3 Å². The van der Waals surface area contributed by atoms with E-state index in [0.717, 1.165) is 11.3 Å². The van der Waals surface area contributed by atoms with Crippen LogP contribution in [0.5, 0.6) is 11.5 Å². The summed E-state index contributed by atoms with van der Waals surface area (Å²) in [6.45, 7) is 3.47. The normalized spacial score (nSPS) is 12.6. The van der Waals surface area contributed by atoms with Crippen LogP contribution in [0.2, 0.25) is 0 Å². The first-order valence-corrected chi connectivity index (χ1v) is 11.4. The Labute approximate surface area is 183 Å². The highest BCUT2D eigenvalue weighted by molar-refractivity contribution is 7.89. The Morgan fingerprint density at radius 1 is 1.19 bits per heavy atom. The first-order chi connectivity index (χ1) is 14.7. The summed E-state index contributed by atoms with van der Waals surface area (Å²) in [7, 11) is -2.78. The van der Waals surface area contributed by atoms with Gasteiger partial charge < -0.3 is 23.3 Å². The zero-order chi connectivity index (χ0) is 22.6. The minimum Gasteiger partial charge on any atom is -0.493 e. The second kappa shape index (κ2) is 9.50. The number of carbonyl (C=O) groups is 1. The number of carboxylic acids is 1. The van der Waals surface area contributed by atoms with E-state index < -0.39 is 22.2 Å². The van der Waals surface area contributed by atoms with Crippen molar-refractivity contribution in [2.24, 2.45) is 0 Å². The maximum absolute atomic E-state index is 12.8. The summed E-state index contributed by atoms with van der Waals surface area (Å²) >= 11 is 0.982. The van der Waals surface area contributed by atoms with Crippen molar-refractivity contribution in [2.45, 2.75) is 36.7 Å². The van der Waals surface area contributed by atoms with E-state index in [1.165, 1.54) is 31.6 Å². The van der Waals surface area contributed by atoms with E-state index in [2.05, 4.69) is 5.16 Å². The van der Waals surface area contributed by atoms with E-state index in [4.69, 9.17) is 18.2 Å². The van der Waals surface area contributed by atoms with Crippen LogP contribution in [0.4, 0.5) is 0 Å². The van der Waals surface area contributed by atoms with Crippen molar-refractivity contribution >= 4 is 27.4 Å². The highest BCUT2D eigenvalue weighted by Gasteiger charge is 2.24. The summed E-state index contributed by atoms with van der Waals surface area (Å²) in [5.74, 6) is -0.971. The first kappa shape index (κ1) is 22.8. The van der Waals surface area contributed by atoms with Gasteiger partial charge in [-0.2, -0.15) is 8.42 Å². The molecular weight excluding hydrogens is 446 g/mol. The van der Waals surface area contributed by atoms with Gasteiger partial charge in [0.2, 0.25) is 0 Å². The van der Waals surface area contributed by atoms with Gasteiger partial charge in [0, 0.05) is 12.5 Å². The Balaban J connectivity index is 1.86. The molecule has 0 radical (unpaired) electrons. The minimum absolute atomic E-state index is 0.0236. The quantitative estimate of drug-likeness (QED) is 0.445. The maximum atomic E-state index is 12.8. The third-order valence-electron chi connectivity index (χ3n) is 4.08. The SMILES string of the molecule is COc1ccc(CC(OC(C)C)C(=O)O)cc1OS(=O)(=O)c1ccc(-c2ccon2)s1. The van der Waals surface area contributed by atoms with E-state index in [9.17, 15) is 18.3 Å². The van der Waals surface area contributed by atoms with Gasteiger partial charge in [-0.05, 0) is 43.7 Å². The largest absolute Gasteiger partial charge is 0.493 e. The highest BCUT2D eigenvalue weighted by atomic mass is 32.3. The molecule has 31 heavy (non-hydrogen) atoms. The number of benzene rings is 1. The van der Waals surface area contributed by atoms with Gasteiger partial charge in [0.05, 0.1) is 18.1 Å². The molecule has 3 aromatic rings. The second-order valence-electron chi connectivity index (χ2n) is 6.74.